The van der Waals surface area contributed by atoms with E-state index in [0.29, 0.717) is 5.75 Å². The van der Waals surface area contributed by atoms with E-state index < -0.39 is 31.3 Å². The van der Waals surface area contributed by atoms with Gasteiger partial charge in [0.05, 0.1) is 30.2 Å². The van der Waals surface area contributed by atoms with Gasteiger partial charge in [0.15, 0.2) is 17.2 Å². The Bertz CT molecular complexity index is 1510. The van der Waals surface area contributed by atoms with Crippen LogP contribution in [-0.4, -0.2) is 31.9 Å². The summed E-state index contributed by atoms with van der Waals surface area (Å²) in [6.07, 6.45) is 2.65. The van der Waals surface area contributed by atoms with Gasteiger partial charge >= 0.3 is 0 Å². The van der Waals surface area contributed by atoms with Crippen molar-refractivity contribution in [2.45, 2.75) is 4.90 Å². The number of nitrogens with one attached hydrogen (secondary N) is 2. The molecule has 4 aromatic rings. The highest BCUT2D eigenvalue weighted by atomic mass is 32.2. The average Bonchev–Trinajstić information content (AvgIpc) is 3.59. The lowest BCUT2D eigenvalue weighted by molar-refractivity contribution is -0.385. The maximum Gasteiger partial charge on any atom is 0.270 e. The smallest absolute Gasteiger partial charge is 0.270 e. The third kappa shape index (κ3) is 5.26. The number of nitro benzene ring substituents is 1. The van der Waals surface area contributed by atoms with Gasteiger partial charge in [-0.3, -0.25) is 25.1 Å². The van der Waals surface area contributed by atoms with Crippen LogP contribution in [0.4, 0.5) is 17.1 Å². The zero-order chi connectivity index (χ0) is 25.7. The Balaban J connectivity index is 1.73. The normalized spacial score (nSPS) is 11.6. The molecule has 184 valence electrons. The number of non-ortho nitro benzene ring substituents is 1. The lowest BCUT2D eigenvalue weighted by atomic mass is 10.1. The molecule has 0 radical (unpaired) electrons. The predicted octanol–water partition coefficient (Wildman–Crippen LogP) is 4.29. The number of ether oxygens (including phenoxy) is 1. The molecule has 0 bridgehead atoms. The molecule has 0 saturated carbocycles. The lowest BCUT2D eigenvalue weighted by Gasteiger charge is -2.13. The largest absolute Gasteiger partial charge is 0.497 e. The quantitative estimate of drug-likeness (QED) is 0.137. The van der Waals surface area contributed by atoms with E-state index >= 15 is 0 Å². The number of methoxy groups -OCH3 is 1. The first-order valence-corrected chi connectivity index (χ1v) is 11.7. The first-order valence-electron chi connectivity index (χ1n) is 10.2. The molecular weight excluding hydrogens is 492 g/mol. The third-order valence-corrected chi connectivity index (χ3v) is 6.23. The number of nitrogens with zero attached hydrogens (tertiary/aromatic N) is 2. The fourth-order valence-corrected chi connectivity index (χ4v) is 4.32. The topological polar surface area (TPSA) is 166 Å². The molecule has 0 saturated heterocycles. The molecule has 2 N–H and O–H groups in total. The molecule has 0 spiro atoms. The highest BCUT2D eigenvalue weighted by Gasteiger charge is 2.25. The van der Waals surface area contributed by atoms with Crippen molar-refractivity contribution >= 4 is 38.6 Å². The highest BCUT2D eigenvalue weighted by Crippen LogP contribution is 2.29. The molecule has 2 aromatic heterocycles. The number of carbonyl (C=O) groups is 1. The van der Waals surface area contributed by atoms with E-state index in [1.165, 1.54) is 56.0 Å². The van der Waals surface area contributed by atoms with E-state index in [2.05, 4.69) is 15.2 Å². The molecule has 0 atom stereocenters. The lowest BCUT2D eigenvalue weighted by Crippen LogP contribution is -2.18. The van der Waals surface area contributed by atoms with Crippen molar-refractivity contribution in [2.75, 3.05) is 17.3 Å². The number of anilines is 2. The van der Waals surface area contributed by atoms with Crippen LogP contribution in [0.25, 0.3) is 0 Å². The van der Waals surface area contributed by atoms with E-state index in [4.69, 9.17) is 13.6 Å². The van der Waals surface area contributed by atoms with Crippen LogP contribution < -0.4 is 14.9 Å². The highest BCUT2D eigenvalue weighted by molar-refractivity contribution is 7.92. The molecule has 0 aliphatic heterocycles. The van der Waals surface area contributed by atoms with Gasteiger partial charge in [-0.25, -0.2) is 8.42 Å². The second-order valence-corrected chi connectivity index (χ2v) is 8.78. The summed E-state index contributed by atoms with van der Waals surface area (Å²) in [5, 5.41) is 15.4. The molecular formula is C23H18N4O8S. The third-order valence-electron chi connectivity index (χ3n) is 4.81. The van der Waals surface area contributed by atoms with Crippen LogP contribution in [-0.2, 0) is 10.0 Å². The van der Waals surface area contributed by atoms with Crippen molar-refractivity contribution in [1.29, 1.82) is 0 Å². The molecule has 2 aromatic carbocycles. The Morgan fingerprint density at radius 1 is 1.00 bits per heavy atom. The van der Waals surface area contributed by atoms with E-state index in [-0.39, 0.29) is 28.6 Å². The number of ketones is 1. The van der Waals surface area contributed by atoms with Crippen molar-refractivity contribution in [2.24, 2.45) is 5.10 Å². The first-order chi connectivity index (χ1) is 17.3. The molecule has 2 heterocycles. The summed E-state index contributed by atoms with van der Waals surface area (Å²) >= 11 is 0. The summed E-state index contributed by atoms with van der Waals surface area (Å²) in [6, 6.07) is 15.2. The number of furan rings is 2. The number of sulfonamides is 1. The van der Waals surface area contributed by atoms with E-state index in [1.807, 2.05) is 0 Å². The van der Waals surface area contributed by atoms with Crippen LogP contribution in [0, 0.1) is 10.1 Å². The molecule has 0 unspecified atom stereocenters. The molecule has 13 heteroatoms. The zero-order valence-corrected chi connectivity index (χ0v) is 19.4. The van der Waals surface area contributed by atoms with Gasteiger partial charge in [0.1, 0.15) is 10.6 Å². The van der Waals surface area contributed by atoms with E-state index in [1.54, 1.807) is 18.2 Å². The SMILES string of the molecule is COc1ccc(NS(=O)(=O)c2cc([N+](=O)[O-])ccc2N/N=C(/C(=O)c2ccco2)c2ccco2)cc1. The molecule has 0 aliphatic carbocycles. The van der Waals surface area contributed by atoms with Gasteiger partial charge in [0, 0.05) is 17.8 Å². The second kappa shape index (κ2) is 10.1. The maximum atomic E-state index is 13.2. The van der Waals surface area contributed by atoms with Crippen molar-refractivity contribution in [3.8, 4) is 5.75 Å². The van der Waals surface area contributed by atoms with Crippen molar-refractivity contribution < 1.29 is 31.7 Å². The number of hydrogen-bond donors (Lipinski definition) is 2. The summed E-state index contributed by atoms with van der Waals surface area (Å²) in [5.41, 5.74) is 1.92. The van der Waals surface area contributed by atoms with Gasteiger partial charge in [-0.05, 0) is 54.6 Å². The number of Topliss-reactive ketones (excluding diaryl/α,β-unsaturated/α-hetero) is 1. The number of hydrazone groups is 1. The fourth-order valence-electron chi connectivity index (χ4n) is 3.08. The Hall–Kier alpha value is -4.91. The van der Waals surface area contributed by atoms with Gasteiger partial charge in [0.25, 0.3) is 21.5 Å². The molecule has 12 nitrogen and oxygen atoms in total. The summed E-state index contributed by atoms with van der Waals surface area (Å²) in [4.78, 5) is 23.0. The molecule has 0 aliphatic rings. The summed E-state index contributed by atoms with van der Waals surface area (Å²) in [6.45, 7) is 0. The van der Waals surface area contributed by atoms with Crippen molar-refractivity contribution in [1.82, 2.24) is 0 Å². The minimum absolute atomic E-state index is 0.0235. The van der Waals surface area contributed by atoms with Crippen LogP contribution >= 0.6 is 0 Å². The van der Waals surface area contributed by atoms with Crippen LogP contribution in [0.15, 0.2) is 98.1 Å². The van der Waals surface area contributed by atoms with E-state index in [0.717, 1.165) is 12.1 Å². The average molecular weight is 510 g/mol. The summed E-state index contributed by atoms with van der Waals surface area (Å²) in [7, 11) is -2.87. The van der Waals surface area contributed by atoms with Crippen molar-refractivity contribution in [3.63, 3.8) is 0 Å². The Morgan fingerprint density at radius 2 is 1.67 bits per heavy atom. The number of hydrogen-bond acceptors (Lipinski definition) is 10. The second-order valence-electron chi connectivity index (χ2n) is 7.13. The Kier molecular flexibility index (Phi) is 6.83. The van der Waals surface area contributed by atoms with Gasteiger partial charge in [-0.2, -0.15) is 5.10 Å². The molecule has 0 amide bonds. The van der Waals surface area contributed by atoms with Crippen LogP contribution in [0.5, 0.6) is 5.75 Å². The van der Waals surface area contributed by atoms with Crippen LogP contribution in [0.3, 0.4) is 0 Å². The number of benzene rings is 2. The van der Waals surface area contributed by atoms with Gasteiger partial charge < -0.3 is 13.6 Å². The predicted molar refractivity (Wildman–Crippen MR) is 129 cm³/mol. The summed E-state index contributed by atoms with van der Waals surface area (Å²) in [5.74, 6) is -0.0574. The standard InChI is InChI=1S/C23H18N4O8S/c1-33-17-9-6-15(7-10-17)26-36(31,32)21-14-16(27(29)30)8-11-18(21)24-25-22(19-4-2-12-34-19)23(28)20-5-3-13-35-20/h2-14,24,26H,1H3/b25-22+. The number of rotatable bonds is 10. The number of carbonyl (C=O) groups excluding carboxylic acids is 1. The molecule has 36 heavy (non-hydrogen) atoms. The maximum absolute atomic E-state index is 13.2. The molecule has 0 fully saturated rings. The van der Waals surface area contributed by atoms with Crippen molar-refractivity contribution in [3.05, 3.63) is 101 Å². The fraction of sp³-hybridized carbons (Fsp3) is 0.0435. The zero-order valence-electron chi connectivity index (χ0n) is 18.6. The van der Waals surface area contributed by atoms with Gasteiger partial charge in [-0.15, -0.1) is 0 Å². The monoisotopic (exact) mass is 510 g/mol. The van der Waals surface area contributed by atoms with E-state index in [9.17, 15) is 23.3 Å². The molecule has 4 rings (SSSR count). The Morgan fingerprint density at radius 3 is 2.25 bits per heavy atom. The Labute approximate surface area is 204 Å². The first kappa shape index (κ1) is 24.2. The summed E-state index contributed by atoms with van der Waals surface area (Å²) < 4.78 is 44.2. The van der Waals surface area contributed by atoms with Gasteiger partial charge in [-0.1, -0.05) is 0 Å². The van der Waals surface area contributed by atoms with Crippen LogP contribution in [0.1, 0.15) is 16.3 Å². The van der Waals surface area contributed by atoms with Gasteiger partial charge in [0.2, 0.25) is 0 Å². The minimum Gasteiger partial charge on any atom is -0.497 e. The van der Waals surface area contributed by atoms with Crippen LogP contribution in [0.2, 0.25) is 0 Å². The minimum atomic E-state index is -4.34. The number of nitro groups is 1.